The molecule has 0 aromatic carbocycles. The quantitative estimate of drug-likeness (QED) is 0.839. The Morgan fingerprint density at radius 2 is 2.31 bits per heavy atom. The molecule has 0 fully saturated rings. The number of aryl methyl sites for hydroxylation is 1. The van der Waals surface area contributed by atoms with Crippen molar-refractivity contribution in [1.29, 1.82) is 0 Å². The second-order valence-corrected chi connectivity index (χ2v) is 5.41. The summed E-state index contributed by atoms with van der Waals surface area (Å²) >= 11 is 1.23. The van der Waals surface area contributed by atoms with Gasteiger partial charge in [-0.2, -0.15) is 0 Å². The number of carboxylic acid groups (broad SMARTS) is 1. The maximum atomic E-state index is 10.9. The van der Waals surface area contributed by atoms with Crippen LogP contribution in [0.25, 0.3) is 0 Å². The lowest BCUT2D eigenvalue weighted by Gasteiger charge is -1.93. The Labute approximate surface area is 82.9 Å². The lowest BCUT2D eigenvalue weighted by Crippen LogP contribution is -1.93. The predicted molar refractivity (Wildman–Crippen MR) is 53.8 cm³/mol. The molecule has 0 amide bonds. The topological polar surface area (TPSA) is 54.4 Å². The summed E-state index contributed by atoms with van der Waals surface area (Å²) in [6.45, 7) is 1.85. The molecule has 0 saturated heterocycles. The summed E-state index contributed by atoms with van der Waals surface area (Å²) in [4.78, 5) is 11.8. The molecule has 1 heterocycles. The highest BCUT2D eigenvalue weighted by Gasteiger charge is 2.11. The third kappa shape index (κ3) is 2.63. The third-order valence-corrected chi connectivity index (χ3v) is 3.39. The molecule has 1 rings (SSSR count). The molecule has 0 aliphatic heterocycles. The lowest BCUT2D eigenvalue weighted by atomic mass is 10.3. The average Bonchev–Trinajstić information content (AvgIpc) is 2.31. The van der Waals surface area contributed by atoms with Crippen molar-refractivity contribution < 1.29 is 14.1 Å². The molecule has 1 unspecified atom stereocenters. The second kappa shape index (κ2) is 4.02. The van der Waals surface area contributed by atoms with Crippen LogP contribution < -0.4 is 0 Å². The fraction of sp³-hybridized carbons (Fsp3) is 0.375. The van der Waals surface area contributed by atoms with Gasteiger partial charge in [-0.3, -0.25) is 4.21 Å². The van der Waals surface area contributed by atoms with Gasteiger partial charge in [0.1, 0.15) is 4.88 Å². The minimum atomic E-state index is -0.916. The number of hydrogen-bond donors (Lipinski definition) is 1. The van der Waals surface area contributed by atoms with E-state index in [1.165, 1.54) is 11.3 Å². The van der Waals surface area contributed by atoms with Gasteiger partial charge in [0.25, 0.3) is 0 Å². The first kappa shape index (κ1) is 10.4. The number of carboxylic acids is 1. The summed E-state index contributed by atoms with van der Waals surface area (Å²) in [5.74, 6) is -0.475. The molecular weight excluding hydrogens is 208 g/mol. The van der Waals surface area contributed by atoms with Crippen LogP contribution in [0.5, 0.6) is 0 Å². The van der Waals surface area contributed by atoms with E-state index < -0.39 is 16.8 Å². The van der Waals surface area contributed by atoms with Gasteiger partial charge in [-0.15, -0.1) is 11.3 Å². The van der Waals surface area contributed by atoms with E-state index in [-0.39, 0.29) is 0 Å². The highest BCUT2D eigenvalue weighted by molar-refractivity contribution is 7.83. The molecule has 72 valence electrons. The van der Waals surface area contributed by atoms with Gasteiger partial charge in [0.2, 0.25) is 0 Å². The summed E-state index contributed by atoms with van der Waals surface area (Å²) < 4.78 is 10.9. The average molecular weight is 218 g/mol. The van der Waals surface area contributed by atoms with Crippen LogP contribution in [0.4, 0.5) is 0 Å². The van der Waals surface area contributed by atoms with Crippen LogP contribution in [0.15, 0.2) is 6.07 Å². The Balaban J connectivity index is 2.96. The zero-order chi connectivity index (χ0) is 10.0. The van der Waals surface area contributed by atoms with Crippen LogP contribution in [0.1, 0.15) is 20.1 Å². The summed E-state index contributed by atoms with van der Waals surface area (Å²) in [7, 11) is -0.913. The monoisotopic (exact) mass is 218 g/mol. The molecule has 0 aliphatic carbocycles. The van der Waals surface area contributed by atoms with Gasteiger partial charge in [-0.25, -0.2) is 4.79 Å². The van der Waals surface area contributed by atoms with E-state index in [1.54, 1.807) is 12.3 Å². The van der Waals surface area contributed by atoms with E-state index in [2.05, 4.69) is 0 Å². The van der Waals surface area contributed by atoms with E-state index >= 15 is 0 Å². The predicted octanol–water partition coefficient (Wildman–Crippen LogP) is 1.63. The van der Waals surface area contributed by atoms with Crippen molar-refractivity contribution >= 4 is 28.1 Å². The Hall–Kier alpha value is -0.680. The van der Waals surface area contributed by atoms with Gasteiger partial charge >= 0.3 is 5.97 Å². The Morgan fingerprint density at radius 1 is 1.69 bits per heavy atom. The van der Waals surface area contributed by atoms with Crippen LogP contribution in [0, 0.1) is 6.92 Å². The molecule has 3 nitrogen and oxygen atoms in total. The van der Waals surface area contributed by atoms with Crippen molar-refractivity contribution in [2.24, 2.45) is 0 Å². The fourth-order valence-corrected chi connectivity index (χ4v) is 2.70. The number of hydrogen-bond acceptors (Lipinski definition) is 3. The molecule has 0 radical (unpaired) electrons. The minimum Gasteiger partial charge on any atom is -0.477 e. The summed E-state index contributed by atoms with van der Waals surface area (Å²) in [6.07, 6.45) is 1.61. The SMILES string of the molecule is Cc1sc(C(=O)O)cc1CS(C)=O. The number of carbonyl (C=O) groups is 1. The van der Waals surface area contributed by atoms with Crippen LogP contribution in [-0.2, 0) is 16.6 Å². The van der Waals surface area contributed by atoms with Crippen LogP contribution in [0.3, 0.4) is 0 Å². The summed E-state index contributed by atoms with van der Waals surface area (Å²) in [5.41, 5.74) is 0.878. The summed E-state index contributed by atoms with van der Waals surface area (Å²) in [5, 5.41) is 8.69. The molecule has 0 spiro atoms. The molecule has 1 N–H and O–H groups in total. The number of thiophene rings is 1. The van der Waals surface area contributed by atoms with Crippen molar-refractivity contribution in [1.82, 2.24) is 0 Å². The lowest BCUT2D eigenvalue weighted by molar-refractivity contribution is 0.0702. The molecule has 0 aliphatic rings. The van der Waals surface area contributed by atoms with E-state index in [0.29, 0.717) is 10.6 Å². The van der Waals surface area contributed by atoms with Crippen molar-refractivity contribution in [2.75, 3.05) is 6.26 Å². The molecule has 1 aromatic rings. The molecule has 1 aromatic heterocycles. The molecule has 5 heteroatoms. The van der Waals surface area contributed by atoms with Crippen LogP contribution in [-0.4, -0.2) is 21.5 Å². The van der Waals surface area contributed by atoms with Crippen molar-refractivity contribution in [2.45, 2.75) is 12.7 Å². The Kier molecular flexibility index (Phi) is 3.22. The molecule has 0 bridgehead atoms. The Bertz CT molecular complexity index is 354. The molecular formula is C8H10O3S2. The second-order valence-electron chi connectivity index (χ2n) is 2.71. The maximum absolute atomic E-state index is 10.9. The van der Waals surface area contributed by atoms with Crippen LogP contribution >= 0.6 is 11.3 Å². The largest absolute Gasteiger partial charge is 0.477 e. The highest BCUT2D eigenvalue weighted by atomic mass is 32.2. The first-order valence-corrected chi connectivity index (χ1v) is 6.17. The van der Waals surface area contributed by atoms with E-state index in [0.717, 1.165) is 10.4 Å². The first-order valence-electron chi connectivity index (χ1n) is 3.63. The molecule has 1 atom stereocenters. The summed E-state index contributed by atoms with van der Waals surface area (Å²) in [6, 6.07) is 1.60. The minimum absolute atomic E-state index is 0.318. The maximum Gasteiger partial charge on any atom is 0.345 e. The zero-order valence-electron chi connectivity index (χ0n) is 7.36. The van der Waals surface area contributed by atoms with E-state index in [9.17, 15) is 9.00 Å². The van der Waals surface area contributed by atoms with Crippen molar-refractivity contribution in [3.05, 3.63) is 21.4 Å². The van der Waals surface area contributed by atoms with E-state index in [1.807, 2.05) is 6.92 Å². The molecule has 13 heavy (non-hydrogen) atoms. The van der Waals surface area contributed by atoms with Gasteiger partial charge in [-0.05, 0) is 18.6 Å². The first-order chi connectivity index (χ1) is 6.00. The van der Waals surface area contributed by atoms with Gasteiger partial charge in [-0.1, -0.05) is 0 Å². The van der Waals surface area contributed by atoms with E-state index in [4.69, 9.17) is 5.11 Å². The fourth-order valence-electron chi connectivity index (χ4n) is 0.987. The Morgan fingerprint density at radius 3 is 2.69 bits per heavy atom. The highest BCUT2D eigenvalue weighted by Crippen LogP contribution is 2.22. The van der Waals surface area contributed by atoms with Crippen molar-refractivity contribution in [3.63, 3.8) is 0 Å². The smallest absolute Gasteiger partial charge is 0.345 e. The standard InChI is InChI=1S/C8H10O3S2/c1-5-6(4-13(2)11)3-7(12-5)8(9)10/h3H,4H2,1-2H3,(H,9,10). The van der Waals surface area contributed by atoms with Gasteiger partial charge < -0.3 is 5.11 Å². The van der Waals surface area contributed by atoms with Gasteiger partial charge in [0, 0.05) is 27.7 Å². The zero-order valence-corrected chi connectivity index (χ0v) is 9.00. The van der Waals surface area contributed by atoms with Gasteiger partial charge in [0.15, 0.2) is 0 Å². The number of rotatable bonds is 3. The number of aromatic carboxylic acids is 1. The molecule has 0 saturated carbocycles. The van der Waals surface area contributed by atoms with Crippen molar-refractivity contribution in [3.8, 4) is 0 Å². The van der Waals surface area contributed by atoms with Gasteiger partial charge in [0.05, 0.1) is 0 Å². The normalized spacial score (nSPS) is 12.8. The third-order valence-electron chi connectivity index (χ3n) is 1.59. The van der Waals surface area contributed by atoms with Crippen LogP contribution in [0.2, 0.25) is 0 Å².